The van der Waals surface area contributed by atoms with E-state index in [-0.39, 0.29) is 18.2 Å². The fraction of sp³-hybridized carbons (Fsp3) is 0.500. The Kier molecular flexibility index (Phi) is 6.39. The minimum absolute atomic E-state index is 0.0453. The van der Waals surface area contributed by atoms with E-state index < -0.39 is 10.0 Å². The standard InChI is InChI=1S/C16H22FNO3S/c17-15-6-8-16(9-7-15)21-12-13-22(19,20)18-11-10-14-4-2-1-3-5-14/h4,6-9,18H,1-3,5,10-13H2. The Morgan fingerprint density at radius 2 is 1.95 bits per heavy atom. The van der Waals surface area contributed by atoms with Gasteiger partial charge < -0.3 is 4.74 Å². The SMILES string of the molecule is O=S(=O)(CCOc1ccc(F)cc1)NCCC1=CCCCC1. The summed E-state index contributed by atoms with van der Waals surface area (Å²) in [6.07, 6.45) is 7.61. The van der Waals surface area contributed by atoms with Crippen LogP contribution < -0.4 is 9.46 Å². The van der Waals surface area contributed by atoms with Gasteiger partial charge in [0, 0.05) is 6.54 Å². The van der Waals surface area contributed by atoms with E-state index in [1.54, 1.807) is 0 Å². The summed E-state index contributed by atoms with van der Waals surface area (Å²) in [5.74, 6) is 0.00582. The number of rotatable bonds is 8. The van der Waals surface area contributed by atoms with E-state index >= 15 is 0 Å². The minimum Gasteiger partial charge on any atom is -0.492 e. The van der Waals surface area contributed by atoms with Gasteiger partial charge in [0.15, 0.2) is 0 Å². The zero-order valence-corrected chi connectivity index (χ0v) is 13.4. The molecule has 0 unspecified atom stereocenters. The van der Waals surface area contributed by atoms with Gasteiger partial charge in [0.1, 0.15) is 18.2 Å². The van der Waals surface area contributed by atoms with Gasteiger partial charge in [-0.3, -0.25) is 0 Å². The first-order chi connectivity index (χ1) is 10.6. The van der Waals surface area contributed by atoms with Crippen molar-refractivity contribution in [2.45, 2.75) is 32.1 Å². The lowest BCUT2D eigenvalue weighted by molar-refractivity contribution is 0.339. The molecular weight excluding hydrogens is 305 g/mol. The van der Waals surface area contributed by atoms with Gasteiger partial charge in [-0.05, 0) is 56.4 Å². The number of hydrogen-bond acceptors (Lipinski definition) is 3. The number of halogens is 1. The fourth-order valence-corrected chi connectivity index (χ4v) is 3.23. The van der Waals surface area contributed by atoms with Crippen LogP contribution in [0.25, 0.3) is 0 Å². The molecule has 0 aromatic heterocycles. The van der Waals surface area contributed by atoms with Gasteiger partial charge in [0.25, 0.3) is 0 Å². The molecule has 1 aromatic rings. The van der Waals surface area contributed by atoms with Gasteiger partial charge in [-0.2, -0.15) is 0 Å². The molecule has 0 heterocycles. The van der Waals surface area contributed by atoms with Gasteiger partial charge in [-0.15, -0.1) is 0 Å². The predicted molar refractivity (Wildman–Crippen MR) is 84.9 cm³/mol. The van der Waals surface area contributed by atoms with Crippen LogP contribution in [0.1, 0.15) is 32.1 Å². The highest BCUT2D eigenvalue weighted by atomic mass is 32.2. The average molecular weight is 327 g/mol. The summed E-state index contributed by atoms with van der Waals surface area (Å²) in [5.41, 5.74) is 1.34. The van der Waals surface area contributed by atoms with Gasteiger partial charge in [0.05, 0.1) is 5.75 Å². The molecule has 0 atom stereocenters. The van der Waals surface area contributed by atoms with Crippen molar-refractivity contribution in [2.24, 2.45) is 0 Å². The molecule has 1 aliphatic carbocycles. The molecule has 1 aromatic carbocycles. The quantitative estimate of drug-likeness (QED) is 0.747. The Bertz CT molecular complexity index is 596. The Balaban J connectivity index is 1.67. The van der Waals surface area contributed by atoms with Crippen LogP contribution in [0.4, 0.5) is 4.39 Å². The molecule has 0 bridgehead atoms. The molecule has 1 aliphatic rings. The smallest absolute Gasteiger partial charge is 0.214 e. The van der Waals surface area contributed by atoms with Crippen LogP contribution in [-0.4, -0.2) is 27.3 Å². The second-order valence-corrected chi connectivity index (χ2v) is 7.30. The van der Waals surface area contributed by atoms with Gasteiger partial charge in [-0.25, -0.2) is 17.5 Å². The molecule has 6 heteroatoms. The maximum atomic E-state index is 12.7. The molecule has 0 aliphatic heterocycles. The van der Waals surface area contributed by atoms with E-state index in [0.29, 0.717) is 12.3 Å². The second kappa shape index (κ2) is 8.29. The second-order valence-electron chi connectivity index (χ2n) is 5.37. The molecule has 122 valence electrons. The van der Waals surface area contributed by atoms with Gasteiger partial charge >= 0.3 is 0 Å². The largest absolute Gasteiger partial charge is 0.492 e. The first-order valence-electron chi connectivity index (χ1n) is 7.59. The number of sulfonamides is 1. The summed E-state index contributed by atoms with van der Waals surface area (Å²) in [6, 6.07) is 5.51. The highest BCUT2D eigenvalue weighted by Crippen LogP contribution is 2.19. The van der Waals surface area contributed by atoms with Crippen molar-refractivity contribution in [3.63, 3.8) is 0 Å². The number of allylic oxidation sites excluding steroid dienone is 1. The predicted octanol–water partition coefficient (Wildman–Crippen LogP) is 3.01. The molecule has 4 nitrogen and oxygen atoms in total. The van der Waals surface area contributed by atoms with Crippen molar-refractivity contribution < 1.29 is 17.5 Å². The summed E-state index contributed by atoms with van der Waals surface area (Å²) in [7, 11) is -3.34. The van der Waals surface area contributed by atoms with E-state index in [1.165, 1.54) is 42.7 Å². The lowest BCUT2D eigenvalue weighted by atomic mass is 9.97. The van der Waals surface area contributed by atoms with E-state index in [4.69, 9.17) is 4.74 Å². The van der Waals surface area contributed by atoms with Crippen LogP contribution in [-0.2, 0) is 10.0 Å². The van der Waals surface area contributed by atoms with Crippen molar-refractivity contribution in [1.82, 2.24) is 4.72 Å². The zero-order chi connectivity index (χ0) is 15.8. The van der Waals surface area contributed by atoms with Crippen LogP contribution in [0.2, 0.25) is 0 Å². The number of nitrogens with one attached hydrogen (secondary N) is 1. The lowest BCUT2D eigenvalue weighted by Gasteiger charge is -2.13. The van der Waals surface area contributed by atoms with Crippen LogP contribution in [0.3, 0.4) is 0 Å². The monoisotopic (exact) mass is 327 g/mol. The molecule has 0 radical (unpaired) electrons. The number of ether oxygens (including phenoxy) is 1. The molecule has 1 N–H and O–H groups in total. The average Bonchev–Trinajstić information content (AvgIpc) is 2.50. The summed E-state index contributed by atoms with van der Waals surface area (Å²) >= 11 is 0. The first-order valence-corrected chi connectivity index (χ1v) is 9.24. The molecule has 0 amide bonds. The normalized spacial score (nSPS) is 15.4. The van der Waals surface area contributed by atoms with Gasteiger partial charge in [0.2, 0.25) is 10.0 Å². The van der Waals surface area contributed by atoms with Crippen LogP contribution in [0.15, 0.2) is 35.9 Å². The fourth-order valence-electron chi connectivity index (χ4n) is 2.37. The molecule has 22 heavy (non-hydrogen) atoms. The lowest BCUT2D eigenvalue weighted by Crippen LogP contribution is -2.30. The molecule has 0 spiro atoms. The highest BCUT2D eigenvalue weighted by Gasteiger charge is 2.11. The zero-order valence-electron chi connectivity index (χ0n) is 12.6. The minimum atomic E-state index is -3.34. The highest BCUT2D eigenvalue weighted by molar-refractivity contribution is 7.89. The van der Waals surface area contributed by atoms with Crippen molar-refractivity contribution in [2.75, 3.05) is 18.9 Å². The molecular formula is C16H22FNO3S. The van der Waals surface area contributed by atoms with Crippen LogP contribution in [0.5, 0.6) is 5.75 Å². The Hall–Kier alpha value is -1.40. The molecule has 0 saturated heterocycles. The van der Waals surface area contributed by atoms with Crippen molar-refractivity contribution >= 4 is 10.0 Å². The van der Waals surface area contributed by atoms with E-state index in [0.717, 1.165) is 19.3 Å². The third-order valence-electron chi connectivity index (χ3n) is 3.59. The molecule has 0 saturated carbocycles. The Morgan fingerprint density at radius 3 is 2.64 bits per heavy atom. The number of hydrogen-bond donors (Lipinski definition) is 1. The maximum Gasteiger partial charge on any atom is 0.214 e. The van der Waals surface area contributed by atoms with E-state index in [1.807, 2.05) is 0 Å². The van der Waals surface area contributed by atoms with Crippen LogP contribution in [0, 0.1) is 5.82 Å². The Labute approximate surface area is 131 Å². The van der Waals surface area contributed by atoms with Crippen molar-refractivity contribution in [3.05, 3.63) is 41.7 Å². The van der Waals surface area contributed by atoms with E-state index in [2.05, 4.69) is 10.8 Å². The number of benzene rings is 1. The first kappa shape index (κ1) is 17.0. The molecule has 2 rings (SSSR count). The third kappa shape index (κ3) is 6.15. The summed E-state index contributed by atoms with van der Waals surface area (Å²) in [4.78, 5) is 0. The Morgan fingerprint density at radius 1 is 1.18 bits per heavy atom. The van der Waals surface area contributed by atoms with Crippen LogP contribution >= 0.6 is 0 Å². The third-order valence-corrected chi connectivity index (χ3v) is 4.94. The maximum absolute atomic E-state index is 12.7. The molecule has 0 fully saturated rings. The summed E-state index contributed by atoms with van der Waals surface area (Å²) < 4.78 is 44.3. The summed E-state index contributed by atoms with van der Waals surface area (Å²) in [5, 5.41) is 0. The van der Waals surface area contributed by atoms with Gasteiger partial charge in [-0.1, -0.05) is 11.6 Å². The topological polar surface area (TPSA) is 55.4 Å². The van der Waals surface area contributed by atoms with E-state index in [9.17, 15) is 12.8 Å². The summed E-state index contributed by atoms with van der Waals surface area (Å²) in [6.45, 7) is 0.481. The van der Waals surface area contributed by atoms with Crippen molar-refractivity contribution in [3.8, 4) is 5.75 Å². The van der Waals surface area contributed by atoms with Crippen molar-refractivity contribution in [1.29, 1.82) is 0 Å².